The van der Waals surface area contributed by atoms with E-state index in [4.69, 9.17) is 0 Å². The molecule has 0 atom stereocenters. The summed E-state index contributed by atoms with van der Waals surface area (Å²) >= 11 is 0. The zero-order valence-electron chi connectivity index (χ0n) is 10.1. The molecule has 0 unspecified atom stereocenters. The number of rotatable bonds is 3. The van der Waals surface area contributed by atoms with E-state index in [0.717, 1.165) is 6.54 Å². The molecule has 0 aliphatic carbocycles. The maximum absolute atomic E-state index is 3.27. The molecule has 2 aromatic carbocycles. The average Bonchev–Trinajstić information content (AvgIpc) is 2.84. The number of nitrogens with zero attached hydrogens (tertiary/aromatic N) is 1. The van der Waals surface area contributed by atoms with Gasteiger partial charge in [-0.15, -0.1) is 0 Å². The van der Waals surface area contributed by atoms with Gasteiger partial charge in [0.1, 0.15) is 0 Å². The lowest BCUT2D eigenvalue weighted by Crippen LogP contribution is -1.92. The van der Waals surface area contributed by atoms with Gasteiger partial charge in [0.05, 0.1) is 6.20 Å². The molecule has 0 saturated heterocycles. The highest BCUT2D eigenvalue weighted by Gasteiger charge is 1.97. The summed E-state index contributed by atoms with van der Waals surface area (Å²) in [7, 11) is 0. The van der Waals surface area contributed by atoms with E-state index in [-0.39, 0.29) is 0 Å². The predicted molar refractivity (Wildman–Crippen MR) is 76.3 cm³/mol. The Morgan fingerprint density at radius 2 is 1.72 bits per heavy atom. The monoisotopic (exact) mass is 232 g/mol. The molecule has 87 valence electrons. The summed E-state index contributed by atoms with van der Waals surface area (Å²) in [5.41, 5.74) is 2.46. The number of fused-ring (bicyclic) bond motifs is 1. The molecule has 1 aromatic heterocycles. The third-order valence-electron chi connectivity index (χ3n) is 3.00. The lowest BCUT2D eigenvalue weighted by molar-refractivity contribution is 0.859. The molecule has 0 fully saturated rings. The van der Waals surface area contributed by atoms with Gasteiger partial charge in [0.2, 0.25) is 0 Å². The van der Waals surface area contributed by atoms with Gasteiger partial charge in [-0.2, -0.15) is 0 Å². The second-order valence-electron chi connectivity index (χ2n) is 4.26. The normalized spacial score (nSPS) is 11.3. The number of benzene rings is 2. The molecule has 0 aliphatic rings. The standard InChI is InChI=1S/C17H14N/c1-2-7-15(8-3-1)9-6-13-18-14-12-16-10-4-5-11-17(16)18/h1-12H,13H2. The molecule has 0 N–H and O–H groups in total. The van der Waals surface area contributed by atoms with Crippen LogP contribution in [0.5, 0.6) is 0 Å². The summed E-state index contributed by atoms with van der Waals surface area (Å²) in [4.78, 5) is 0. The Hall–Kier alpha value is -2.28. The van der Waals surface area contributed by atoms with E-state index in [2.05, 4.69) is 71.4 Å². The Balaban J connectivity index is 1.79. The molecule has 1 nitrogen and oxygen atoms in total. The first-order chi connectivity index (χ1) is 8.93. The molecular weight excluding hydrogens is 218 g/mol. The molecule has 3 rings (SSSR count). The minimum Gasteiger partial charge on any atom is -0.335 e. The fourth-order valence-corrected chi connectivity index (χ4v) is 2.08. The third-order valence-corrected chi connectivity index (χ3v) is 3.00. The first kappa shape index (κ1) is 10.8. The van der Waals surface area contributed by atoms with Crippen molar-refractivity contribution < 1.29 is 0 Å². The van der Waals surface area contributed by atoms with Crippen molar-refractivity contribution in [1.29, 1.82) is 0 Å². The number of allylic oxidation sites excluding steroid dienone is 1. The molecule has 0 saturated carbocycles. The zero-order chi connectivity index (χ0) is 12.2. The van der Waals surface area contributed by atoms with E-state index in [9.17, 15) is 0 Å². The van der Waals surface area contributed by atoms with E-state index in [1.54, 1.807) is 0 Å². The van der Waals surface area contributed by atoms with Crippen LogP contribution in [0, 0.1) is 6.20 Å². The van der Waals surface area contributed by atoms with Gasteiger partial charge >= 0.3 is 0 Å². The average molecular weight is 232 g/mol. The van der Waals surface area contributed by atoms with Crippen molar-refractivity contribution in [3.63, 3.8) is 0 Å². The van der Waals surface area contributed by atoms with Crippen molar-refractivity contribution in [2.75, 3.05) is 0 Å². The van der Waals surface area contributed by atoms with E-state index >= 15 is 0 Å². The Labute approximate surface area is 107 Å². The van der Waals surface area contributed by atoms with Crippen molar-refractivity contribution in [2.45, 2.75) is 6.54 Å². The second-order valence-corrected chi connectivity index (χ2v) is 4.26. The maximum atomic E-state index is 3.27. The lowest BCUT2D eigenvalue weighted by atomic mass is 10.2. The van der Waals surface area contributed by atoms with Crippen molar-refractivity contribution in [1.82, 2.24) is 4.57 Å². The summed E-state index contributed by atoms with van der Waals surface area (Å²) in [6.45, 7) is 0.850. The SMILES string of the molecule is [c]1cc2ccccc2n1CC=Cc1ccccc1. The van der Waals surface area contributed by atoms with Gasteiger partial charge in [-0.3, -0.25) is 0 Å². The summed E-state index contributed by atoms with van der Waals surface area (Å²) < 4.78 is 2.13. The van der Waals surface area contributed by atoms with E-state index in [1.807, 2.05) is 12.1 Å². The number of aromatic nitrogens is 1. The van der Waals surface area contributed by atoms with Crippen LogP contribution in [0.1, 0.15) is 5.56 Å². The van der Waals surface area contributed by atoms with Crippen LogP contribution in [-0.2, 0) is 6.54 Å². The van der Waals surface area contributed by atoms with Gasteiger partial charge in [-0.1, -0.05) is 60.7 Å². The van der Waals surface area contributed by atoms with Crippen molar-refractivity contribution >= 4 is 17.0 Å². The van der Waals surface area contributed by atoms with Crippen LogP contribution in [-0.4, -0.2) is 4.57 Å². The fourth-order valence-electron chi connectivity index (χ4n) is 2.08. The fraction of sp³-hybridized carbons (Fsp3) is 0.0588. The van der Waals surface area contributed by atoms with E-state index < -0.39 is 0 Å². The highest BCUT2D eigenvalue weighted by Crippen LogP contribution is 2.14. The first-order valence-electron chi connectivity index (χ1n) is 6.11. The van der Waals surface area contributed by atoms with Gasteiger partial charge in [0, 0.05) is 17.4 Å². The molecule has 0 spiro atoms. The quantitative estimate of drug-likeness (QED) is 0.639. The zero-order valence-corrected chi connectivity index (χ0v) is 10.1. The van der Waals surface area contributed by atoms with Crippen LogP contribution in [0.4, 0.5) is 0 Å². The first-order valence-corrected chi connectivity index (χ1v) is 6.11. The molecule has 1 heterocycles. The van der Waals surface area contributed by atoms with Crippen LogP contribution in [0.2, 0.25) is 0 Å². The molecule has 1 radical (unpaired) electrons. The summed E-state index contributed by atoms with van der Waals surface area (Å²) in [6, 6.07) is 20.7. The van der Waals surface area contributed by atoms with Gasteiger partial charge in [0.15, 0.2) is 0 Å². The summed E-state index contributed by atoms with van der Waals surface area (Å²) in [5, 5.41) is 1.24. The molecule has 3 aromatic rings. The Kier molecular flexibility index (Phi) is 2.97. The minimum atomic E-state index is 0.850. The Morgan fingerprint density at radius 1 is 0.944 bits per heavy atom. The van der Waals surface area contributed by atoms with Gasteiger partial charge in [-0.25, -0.2) is 0 Å². The van der Waals surface area contributed by atoms with E-state index in [0.29, 0.717) is 0 Å². The maximum Gasteiger partial charge on any atom is 0.0662 e. The second kappa shape index (κ2) is 4.92. The van der Waals surface area contributed by atoms with Crippen LogP contribution < -0.4 is 0 Å². The lowest BCUT2D eigenvalue weighted by Gasteiger charge is -2.00. The van der Waals surface area contributed by atoms with Gasteiger partial charge < -0.3 is 4.57 Å². The van der Waals surface area contributed by atoms with Crippen molar-refractivity contribution in [2.24, 2.45) is 0 Å². The smallest absolute Gasteiger partial charge is 0.0662 e. The van der Waals surface area contributed by atoms with Crippen molar-refractivity contribution in [3.05, 3.63) is 78.5 Å². The molecule has 0 aliphatic heterocycles. The number of hydrogen-bond acceptors (Lipinski definition) is 0. The number of hydrogen-bond donors (Lipinski definition) is 0. The largest absolute Gasteiger partial charge is 0.335 e. The molecule has 0 amide bonds. The van der Waals surface area contributed by atoms with Crippen LogP contribution >= 0.6 is 0 Å². The Bertz CT molecular complexity index is 662. The third kappa shape index (κ3) is 2.21. The van der Waals surface area contributed by atoms with Crippen LogP contribution in [0.15, 0.2) is 66.7 Å². The van der Waals surface area contributed by atoms with Gasteiger partial charge in [0.25, 0.3) is 0 Å². The summed E-state index contributed by atoms with van der Waals surface area (Å²) in [5.74, 6) is 0. The highest BCUT2D eigenvalue weighted by molar-refractivity contribution is 5.79. The topological polar surface area (TPSA) is 4.93 Å². The van der Waals surface area contributed by atoms with Crippen LogP contribution in [0.25, 0.3) is 17.0 Å². The molecular formula is C17H14N. The Morgan fingerprint density at radius 3 is 2.61 bits per heavy atom. The van der Waals surface area contributed by atoms with Gasteiger partial charge in [-0.05, 0) is 17.7 Å². The van der Waals surface area contributed by atoms with Crippen LogP contribution in [0.3, 0.4) is 0 Å². The van der Waals surface area contributed by atoms with E-state index in [1.165, 1.54) is 16.5 Å². The molecule has 1 heteroatoms. The predicted octanol–water partition coefficient (Wildman–Crippen LogP) is 4.15. The highest BCUT2D eigenvalue weighted by atomic mass is 14.9. The minimum absolute atomic E-state index is 0.850. The number of para-hydroxylation sites is 1. The molecule has 18 heavy (non-hydrogen) atoms. The van der Waals surface area contributed by atoms with Crippen molar-refractivity contribution in [3.8, 4) is 0 Å². The summed E-state index contributed by atoms with van der Waals surface area (Å²) in [6.07, 6.45) is 7.57. The molecule has 0 bridgehead atoms.